The molecule has 0 atom stereocenters. The molecule has 4 rings (SSSR count). The molecule has 0 radical (unpaired) electrons. The van der Waals surface area contributed by atoms with E-state index in [1.165, 1.54) is 12.4 Å². The molecule has 0 spiro atoms. The van der Waals surface area contributed by atoms with E-state index >= 15 is 0 Å². The lowest BCUT2D eigenvalue weighted by Gasteiger charge is -2.12. The number of pyridine rings is 2. The zero-order chi connectivity index (χ0) is 23.4. The number of hydrogen-bond acceptors (Lipinski definition) is 5. The highest BCUT2D eigenvalue weighted by Gasteiger charge is 2.33. The van der Waals surface area contributed by atoms with Gasteiger partial charge >= 0.3 is 6.18 Å². The van der Waals surface area contributed by atoms with E-state index < -0.39 is 11.9 Å². The van der Waals surface area contributed by atoms with Gasteiger partial charge in [0.25, 0.3) is 0 Å². The highest BCUT2D eigenvalue weighted by atomic mass is 19.4. The number of rotatable bonds is 7. The maximum absolute atomic E-state index is 13.3. The number of halogens is 3. The quantitative estimate of drug-likeness (QED) is 0.362. The predicted octanol–water partition coefficient (Wildman–Crippen LogP) is 5.95. The van der Waals surface area contributed by atoms with Crippen molar-refractivity contribution in [3.05, 3.63) is 78.5 Å². The first-order valence-corrected chi connectivity index (χ1v) is 10.3. The van der Waals surface area contributed by atoms with Crippen LogP contribution in [-0.4, -0.2) is 26.3 Å². The summed E-state index contributed by atoms with van der Waals surface area (Å²) in [6.07, 6.45) is 0.195. The van der Waals surface area contributed by atoms with E-state index in [0.29, 0.717) is 16.9 Å². The fourth-order valence-corrected chi connectivity index (χ4v) is 3.21. The maximum Gasteiger partial charge on any atom is 0.433 e. The zero-order valence-electron chi connectivity index (χ0n) is 18.0. The second-order valence-corrected chi connectivity index (χ2v) is 7.69. The van der Waals surface area contributed by atoms with Gasteiger partial charge in [0.2, 0.25) is 0 Å². The number of benzene rings is 1. The third-order valence-electron chi connectivity index (χ3n) is 4.77. The van der Waals surface area contributed by atoms with Crippen molar-refractivity contribution < 1.29 is 17.9 Å². The van der Waals surface area contributed by atoms with Crippen LogP contribution in [0, 0.1) is 0 Å². The van der Waals surface area contributed by atoms with Crippen LogP contribution in [0.4, 0.5) is 18.9 Å². The van der Waals surface area contributed by atoms with Gasteiger partial charge in [-0.15, -0.1) is 0 Å². The van der Waals surface area contributed by atoms with Crippen LogP contribution in [0.15, 0.2) is 67.1 Å². The molecule has 3 aromatic heterocycles. The van der Waals surface area contributed by atoms with E-state index in [9.17, 15) is 13.2 Å². The molecule has 0 fully saturated rings. The van der Waals surface area contributed by atoms with Crippen LogP contribution in [0.2, 0.25) is 0 Å². The van der Waals surface area contributed by atoms with E-state index in [1.54, 1.807) is 12.3 Å². The highest BCUT2D eigenvalue weighted by molar-refractivity contribution is 5.64. The SMILES string of the molecule is CC(C)Oc1ccc(-c2ccc(CNc3cc(-c4cn[nH]c4)nc(C(F)(F)F)c3)nc2)cc1. The summed E-state index contributed by atoms with van der Waals surface area (Å²) < 4.78 is 45.6. The Morgan fingerprint density at radius 1 is 0.970 bits per heavy atom. The Labute approximate surface area is 188 Å². The van der Waals surface area contributed by atoms with Crippen molar-refractivity contribution >= 4 is 5.69 Å². The van der Waals surface area contributed by atoms with Gasteiger partial charge in [-0.2, -0.15) is 18.3 Å². The van der Waals surface area contributed by atoms with Crippen LogP contribution in [0.25, 0.3) is 22.4 Å². The summed E-state index contributed by atoms with van der Waals surface area (Å²) in [7, 11) is 0. The normalized spacial score (nSPS) is 11.6. The van der Waals surface area contributed by atoms with Gasteiger partial charge < -0.3 is 10.1 Å². The molecule has 9 heteroatoms. The highest BCUT2D eigenvalue weighted by Crippen LogP contribution is 2.32. The lowest BCUT2D eigenvalue weighted by molar-refractivity contribution is -0.141. The van der Waals surface area contributed by atoms with Crippen molar-refractivity contribution in [2.24, 2.45) is 0 Å². The van der Waals surface area contributed by atoms with Crippen molar-refractivity contribution in [1.29, 1.82) is 0 Å². The van der Waals surface area contributed by atoms with Crippen molar-refractivity contribution in [1.82, 2.24) is 20.2 Å². The van der Waals surface area contributed by atoms with Gasteiger partial charge in [0, 0.05) is 29.2 Å². The van der Waals surface area contributed by atoms with E-state index in [-0.39, 0.29) is 18.3 Å². The van der Waals surface area contributed by atoms with E-state index in [0.717, 1.165) is 22.9 Å². The molecule has 0 aliphatic heterocycles. The number of nitrogens with zero attached hydrogens (tertiary/aromatic N) is 3. The summed E-state index contributed by atoms with van der Waals surface area (Å²) in [6, 6.07) is 14.0. The smallest absolute Gasteiger partial charge is 0.433 e. The topological polar surface area (TPSA) is 75.7 Å². The Hall–Kier alpha value is -3.88. The molecule has 0 saturated heterocycles. The minimum Gasteiger partial charge on any atom is -0.491 e. The molecule has 0 aliphatic carbocycles. The number of nitrogens with one attached hydrogen (secondary N) is 2. The number of aromatic nitrogens is 4. The molecule has 33 heavy (non-hydrogen) atoms. The first-order valence-electron chi connectivity index (χ1n) is 10.3. The van der Waals surface area contributed by atoms with E-state index in [4.69, 9.17) is 4.74 Å². The van der Waals surface area contributed by atoms with E-state index in [1.807, 2.05) is 50.2 Å². The molecule has 3 heterocycles. The van der Waals surface area contributed by atoms with Crippen LogP contribution in [0.5, 0.6) is 5.75 Å². The van der Waals surface area contributed by atoms with Crippen LogP contribution in [0.3, 0.4) is 0 Å². The Morgan fingerprint density at radius 3 is 2.33 bits per heavy atom. The summed E-state index contributed by atoms with van der Waals surface area (Å²) in [5.41, 5.74) is 2.57. The van der Waals surface area contributed by atoms with Gasteiger partial charge in [0.05, 0.1) is 30.2 Å². The lowest BCUT2D eigenvalue weighted by Crippen LogP contribution is -2.10. The average molecular weight is 453 g/mol. The van der Waals surface area contributed by atoms with Gasteiger partial charge in [-0.05, 0) is 49.7 Å². The van der Waals surface area contributed by atoms with Crippen LogP contribution in [0.1, 0.15) is 25.2 Å². The zero-order valence-corrected chi connectivity index (χ0v) is 18.0. The Morgan fingerprint density at radius 2 is 1.73 bits per heavy atom. The summed E-state index contributed by atoms with van der Waals surface area (Å²) in [6.45, 7) is 4.20. The molecule has 0 saturated carbocycles. The Balaban J connectivity index is 1.47. The number of alkyl halides is 3. The van der Waals surface area contributed by atoms with Crippen LogP contribution >= 0.6 is 0 Å². The van der Waals surface area contributed by atoms with Crippen LogP contribution in [-0.2, 0) is 12.7 Å². The Kier molecular flexibility index (Phi) is 6.30. The van der Waals surface area contributed by atoms with Gasteiger partial charge in [0.1, 0.15) is 11.4 Å². The molecule has 0 amide bonds. The molecule has 2 N–H and O–H groups in total. The van der Waals surface area contributed by atoms with Gasteiger partial charge in [-0.3, -0.25) is 10.1 Å². The fourth-order valence-electron chi connectivity index (χ4n) is 3.21. The first kappa shape index (κ1) is 22.3. The second kappa shape index (κ2) is 9.32. The lowest BCUT2D eigenvalue weighted by atomic mass is 10.1. The van der Waals surface area contributed by atoms with Crippen molar-refractivity contribution in [2.75, 3.05) is 5.32 Å². The summed E-state index contributed by atoms with van der Waals surface area (Å²) in [4.78, 5) is 8.16. The third-order valence-corrected chi connectivity index (χ3v) is 4.77. The van der Waals surface area contributed by atoms with Crippen molar-refractivity contribution in [2.45, 2.75) is 32.7 Å². The van der Waals surface area contributed by atoms with Gasteiger partial charge in [0.15, 0.2) is 0 Å². The van der Waals surface area contributed by atoms with Crippen molar-refractivity contribution in [3.8, 4) is 28.1 Å². The van der Waals surface area contributed by atoms with Gasteiger partial charge in [-0.1, -0.05) is 18.2 Å². The molecule has 0 unspecified atom stereocenters. The Bertz CT molecular complexity index is 1190. The predicted molar refractivity (Wildman–Crippen MR) is 120 cm³/mol. The van der Waals surface area contributed by atoms with Crippen molar-refractivity contribution in [3.63, 3.8) is 0 Å². The maximum atomic E-state index is 13.3. The standard InChI is InChI=1S/C24H22F3N5O/c1-15(2)33-21-7-4-16(5-8-21)17-3-6-19(28-11-17)14-29-20-9-22(18-12-30-31-13-18)32-23(10-20)24(25,26)27/h3-13,15H,14H2,1-2H3,(H,29,32)(H,30,31). The van der Waals surface area contributed by atoms with Gasteiger partial charge in [-0.25, -0.2) is 4.98 Å². The summed E-state index contributed by atoms with van der Waals surface area (Å²) in [5, 5.41) is 9.38. The number of ether oxygens (including phenoxy) is 1. The average Bonchev–Trinajstić information content (AvgIpc) is 3.33. The molecule has 6 nitrogen and oxygen atoms in total. The number of aromatic amines is 1. The molecular formula is C24H22F3N5O. The van der Waals surface area contributed by atoms with E-state index in [2.05, 4.69) is 25.5 Å². The number of anilines is 1. The summed E-state index contributed by atoms with van der Waals surface area (Å²) >= 11 is 0. The molecule has 0 bridgehead atoms. The molecule has 4 aromatic rings. The first-order chi connectivity index (χ1) is 15.8. The monoisotopic (exact) mass is 453 g/mol. The number of H-pyrrole nitrogens is 1. The molecule has 1 aromatic carbocycles. The summed E-state index contributed by atoms with van der Waals surface area (Å²) in [5.74, 6) is 0.799. The largest absolute Gasteiger partial charge is 0.491 e. The van der Waals surface area contributed by atoms with Crippen LogP contribution < -0.4 is 10.1 Å². The molecular weight excluding hydrogens is 431 g/mol. The number of hydrogen-bond donors (Lipinski definition) is 2. The third kappa shape index (κ3) is 5.68. The second-order valence-electron chi connectivity index (χ2n) is 7.69. The minimum atomic E-state index is -4.56. The fraction of sp³-hybridized carbons (Fsp3) is 0.208. The minimum absolute atomic E-state index is 0.104. The molecule has 0 aliphatic rings. The molecule has 170 valence electrons.